The predicted octanol–water partition coefficient (Wildman–Crippen LogP) is 4.23. The molecule has 1 aliphatic rings. The van der Waals surface area contributed by atoms with Crippen molar-refractivity contribution >= 4 is 0 Å². The van der Waals surface area contributed by atoms with Crippen LogP contribution in [0.1, 0.15) is 56.2 Å². The molecule has 2 rings (SSSR count). The topological polar surface area (TPSA) is 44.0 Å². The average molecular weight is 271 g/mol. The Labute approximate surface area is 122 Å². The van der Waals surface area contributed by atoms with Crippen molar-refractivity contribution in [2.24, 2.45) is 11.3 Å². The molecule has 0 aliphatic heterocycles. The average Bonchev–Trinajstić information content (AvgIpc) is 2.42. The van der Waals surface area contributed by atoms with Crippen molar-refractivity contribution < 1.29 is 5.11 Å². The Bertz CT molecular complexity index is 531. The highest BCUT2D eigenvalue weighted by Crippen LogP contribution is 2.51. The highest BCUT2D eigenvalue weighted by molar-refractivity contribution is 5.38. The zero-order chi connectivity index (χ0) is 15.0. The van der Waals surface area contributed by atoms with Crippen LogP contribution >= 0.6 is 0 Å². The highest BCUT2D eigenvalue weighted by Gasteiger charge is 2.50. The van der Waals surface area contributed by atoms with Gasteiger partial charge in [0, 0.05) is 0 Å². The van der Waals surface area contributed by atoms with Crippen molar-refractivity contribution in [3.63, 3.8) is 0 Å². The third-order valence-electron chi connectivity index (χ3n) is 5.19. The largest absolute Gasteiger partial charge is 0.384 e. The molecule has 1 aromatic rings. The van der Waals surface area contributed by atoms with E-state index in [0.29, 0.717) is 5.92 Å². The maximum Gasteiger partial charge on any atom is 0.106 e. The van der Waals surface area contributed by atoms with E-state index in [1.165, 1.54) is 0 Å². The summed E-state index contributed by atoms with van der Waals surface area (Å²) in [5.74, 6) is 0.658. The van der Waals surface area contributed by atoms with Crippen LogP contribution in [0.2, 0.25) is 0 Å². The van der Waals surface area contributed by atoms with Gasteiger partial charge in [-0.15, -0.1) is 0 Å². The maximum atomic E-state index is 11.2. The minimum Gasteiger partial charge on any atom is -0.384 e. The van der Waals surface area contributed by atoms with Crippen molar-refractivity contribution in [1.82, 2.24) is 0 Å². The first kappa shape index (κ1) is 15.1. The van der Waals surface area contributed by atoms with Gasteiger partial charge in [0.1, 0.15) is 5.60 Å². The molecule has 1 aliphatic carbocycles. The van der Waals surface area contributed by atoms with Crippen molar-refractivity contribution in [3.05, 3.63) is 34.9 Å². The molecule has 2 nitrogen and oxygen atoms in total. The summed E-state index contributed by atoms with van der Waals surface area (Å²) in [6, 6.07) is 8.60. The molecule has 1 saturated carbocycles. The molecular weight excluding hydrogens is 246 g/mol. The molecule has 0 saturated heterocycles. The predicted molar refractivity (Wildman–Crippen MR) is 81.2 cm³/mol. The minimum atomic E-state index is -1.09. The van der Waals surface area contributed by atoms with Crippen LogP contribution in [-0.4, -0.2) is 5.11 Å². The Hall–Kier alpha value is -1.33. The summed E-state index contributed by atoms with van der Waals surface area (Å²) < 4.78 is 0. The van der Waals surface area contributed by atoms with Crippen molar-refractivity contribution in [3.8, 4) is 6.07 Å². The van der Waals surface area contributed by atoms with E-state index in [2.05, 4.69) is 19.1 Å². The van der Waals surface area contributed by atoms with Crippen LogP contribution in [0.4, 0.5) is 0 Å². The molecule has 20 heavy (non-hydrogen) atoms. The SMILES string of the molecule is Cc1ccc(C)c(C(C)(O)C2(C#N)CCC(C)CC2)c1. The molecule has 0 spiro atoms. The lowest BCUT2D eigenvalue weighted by atomic mass is 9.60. The summed E-state index contributed by atoms with van der Waals surface area (Å²) in [6.07, 6.45) is 3.61. The van der Waals surface area contributed by atoms with E-state index in [0.717, 1.165) is 42.4 Å². The molecule has 1 unspecified atom stereocenters. The minimum absolute atomic E-state index is 0.655. The van der Waals surface area contributed by atoms with E-state index < -0.39 is 11.0 Å². The number of aliphatic hydroxyl groups is 1. The second-order valence-corrected chi connectivity index (χ2v) is 6.77. The number of hydrogen-bond donors (Lipinski definition) is 1. The number of nitriles is 1. The van der Waals surface area contributed by atoms with Crippen molar-refractivity contribution in [2.45, 2.75) is 59.0 Å². The highest BCUT2D eigenvalue weighted by atomic mass is 16.3. The first-order valence-corrected chi connectivity index (χ1v) is 7.54. The third-order valence-corrected chi connectivity index (χ3v) is 5.19. The third kappa shape index (κ3) is 2.36. The van der Waals surface area contributed by atoms with E-state index in [9.17, 15) is 10.4 Å². The first-order valence-electron chi connectivity index (χ1n) is 7.54. The molecule has 0 aromatic heterocycles. The molecule has 0 heterocycles. The molecule has 1 N–H and O–H groups in total. The van der Waals surface area contributed by atoms with E-state index in [1.54, 1.807) is 0 Å². The van der Waals surface area contributed by atoms with Crippen molar-refractivity contribution in [1.29, 1.82) is 5.26 Å². The van der Waals surface area contributed by atoms with Gasteiger partial charge in [-0.25, -0.2) is 0 Å². The van der Waals surface area contributed by atoms with Crippen LogP contribution < -0.4 is 0 Å². The Morgan fingerprint density at radius 3 is 2.45 bits per heavy atom. The molecule has 2 heteroatoms. The second kappa shape index (κ2) is 5.22. The van der Waals surface area contributed by atoms with Gasteiger partial charge in [-0.1, -0.05) is 30.7 Å². The Morgan fingerprint density at radius 1 is 1.30 bits per heavy atom. The van der Waals surface area contributed by atoms with Gasteiger partial charge in [0.15, 0.2) is 0 Å². The second-order valence-electron chi connectivity index (χ2n) is 6.77. The number of nitrogens with zero attached hydrogens (tertiary/aromatic N) is 1. The molecule has 1 atom stereocenters. The number of aryl methyl sites for hydroxylation is 2. The Balaban J connectivity index is 2.47. The number of hydrogen-bond acceptors (Lipinski definition) is 2. The number of benzene rings is 1. The number of rotatable bonds is 2. The van der Waals surface area contributed by atoms with Gasteiger partial charge >= 0.3 is 0 Å². The van der Waals surface area contributed by atoms with Crippen LogP contribution in [0, 0.1) is 36.5 Å². The van der Waals surface area contributed by atoms with E-state index >= 15 is 0 Å². The van der Waals surface area contributed by atoms with Crippen LogP contribution in [-0.2, 0) is 5.60 Å². The fourth-order valence-corrected chi connectivity index (χ4v) is 3.48. The van der Waals surface area contributed by atoms with Gasteiger partial charge in [-0.05, 0) is 63.5 Å². The quantitative estimate of drug-likeness (QED) is 0.874. The van der Waals surface area contributed by atoms with Gasteiger partial charge in [0.05, 0.1) is 11.5 Å². The van der Waals surface area contributed by atoms with E-state index in [1.807, 2.05) is 32.9 Å². The molecule has 0 bridgehead atoms. The first-order chi connectivity index (χ1) is 9.32. The van der Waals surface area contributed by atoms with Crippen molar-refractivity contribution in [2.75, 3.05) is 0 Å². The van der Waals surface area contributed by atoms with Gasteiger partial charge in [-0.3, -0.25) is 0 Å². The van der Waals surface area contributed by atoms with Gasteiger partial charge in [0.2, 0.25) is 0 Å². The molecule has 0 amide bonds. The summed E-state index contributed by atoms with van der Waals surface area (Å²) in [4.78, 5) is 0. The van der Waals surface area contributed by atoms with Gasteiger partial charge in [-0.2, -0.15) is 5.26 Å². The van der Waals surface area contributed by atoms with Gasteiger partial charge in [0.25, 0.3) is 0 Å². The lowest BCUT2D eigenvalue weighted by Crippen LogP contribution is -2.45. The molecule has 1 fully saturated rings. The molecule has 1 aromatic carbocycles. The summed E-state index contributed by atoms with van der Waals surface area (Å²) in [7, 11) is 0. The summed E-state index contributed by atoms with van der Waals surface area (Å²) in [5, 5.41) is 21.0. The summed E-state index contributed by atoms with van der Waals surface area (Å²) in [5.41, 5.74) is 1.36. The van der Waals surface area contributed by atoms with Crippen LogP contribution in [0.5, 0.6) is 0 Å². The molecule has 0 radical (unpaired) electrons. The summed E-state index contributed by atoms with van der Waals surface area (Å²) >= 11 is 0. The van der Waals surface area contributed by atoms with Crippen LogP contribution in [0.25, 0.3) is 0 Å². The smallest absolute Gasteiger partial charge is 0.106 e. The monoisotopic (exact) mass is 271 g/mol. The van der Waals surface area contributed by atoms with E-state index in [-0.39, 0.29) is 0 Å². The molecular formula is C18H25NO. The fourth-order valence-electron chi connectivity index (χ4n) is 3.48. The standard InChI is InChI=1S/C18H25NO/c1-13-7-9-18(12-19,10-8-13)17(4,20)16-11-14(2)5-6-15(16)3/h5-6,11,13,20H,7-10H2,1-4H3. The van der Waals surface area contributed by atoms with Gasteiger partial charge < -0.3 is 5.11 Å². The lowest BCUT2D eigenvalue weighted by Gasteiger charge is -2.45. The zero-order valence-electron chi connectivity index (χ0n) is 13.0. The van der Waals surface area contributed by atoms with Crippen LogP contribution in [0.3, 0.4) is 0 Å². The maximum absolute atomic E-state index is 11.2. The van der Waals surface area contributed by atoms with Crippen LogP contribution in [0.15, 0.2) is 18.2 Å². The van der Waals surface area contributed by atoms with E-state index in [4.69, 9.17) is 0 Å². The fraction of sp³-hybridized carbons (Fsp3) is 0.611. The summed E-state index contributed by atoms with van der Waals surface area (Å²) in [6.45, 7) is 8.10. The Kier molecular flexibility index (Phi) is 3.93. The zero-order valence-corrected chi connectivity index (χ0v) is 13.0. The Morgan fingerprint density at radius 2 is 1.90 bits per heavy atom. The lowest BCUT2D eigenvalue weighted by molar-refractivity contribution is -0.0691. The normalized spacial score (nSPS) is 29.5. The molecule has 108 valence electrons.